The topological polar surface area (TPSA) is 101 Å². The van der Waals surface area contributed by atoms with Crippen molar-refractivity contribution in [1.82, 2.24) is 10.3 Å². The van der Waals surface area contributed by atoms with Crippen LogP contribution in [0.1, 0.15) is 23.2 Å². The highest BCUT2D eigenvalue weighted by Crippen LogP contribution is 2.35. The van der Waals surface area contributed by atoms with Crippen LogP contribution < -0.4 is 25.2 Å². The van der Waals surface area contributed by atoms with Crippen LogP contribution in [0, 0.1) is 19.8 Å². The first-order valence-corrected chi connectivity index (χ1v) is 9.59. The largest absolute Gasteiger partial charge is 0.486 e. The molecule has 4 rings (SSSR count). The molecule has 0 unspecified atom stereocenters. The quantitative estimate of drug-likeness (QED) is 0.813. The maximum atomic E-state index is 12.6. The molecule has 8 heteroatoms. The summed E-state index contributed by atoms with van der Waals surface area (Å²) in [5.41, 5.74) is 2.60. The molecule has 1 aromatic carbocycles. The number of carbonyl (C=O) groups excluding carboxylic acids is 2. The number of aromatic amines is 1. The molecule has 1 saturated heterocycles. The Hall–Kier alpha value is -3.29. The molecule has 0 bridgehead atoms. The number of nitrogens with one attached hydrogen (secondary N) is 2. The number of hydrogen-bond acceptors (Lipinski definition) is 5. The zero-order valence-corrected chi connectivity index (χ0v) is 16.4. The lowest BCUT2D eigenvalue weighted by Gasteiger charge is -2.22. The van der Waals surface area contributed by atoms with E-state index in [9.17, 15) is 14.4 Å². The van der Waals surface area contributed by atoms with Crippen LogP contribution in [-0.2, 0) is 16.1 Å². The van der Waals surface area contributed by atoms with Crippen molar-refractivity contribution in [2.45, 2.75) is 26.8 Å². The van der Waals surface area contributed by atoms with E-state index in [1.807, 2.05) is 19.9 Å². The summed E-state index contributed by atoms with van der Waals surface area (Å²) in [5.74, 6) is 0.424. The van der Waals surface area contributed by atoms with E-state index >= 15 is 0 Å². The van der Waals surface area contributed by atoms with Gasteiger partial charge in [-0.1, -0.05) is 0 Å². The van der Waals surface area contributed by atoms with Gasteiger partial charge < -0.3 is 24.7 Å². The highest BCUT2D eigenvalue weighted by atomic mass is 16.6. The van der Waals surface area contributed by atoms with Crippen LogP contribution in [0.3, 0.4) is 0 Å². The smallest absolute Gasteiger partial charge is 0.253 e. The third-order valence-corrected chi connectivity index (χ3v) is 5.27. The summed E-state index contributed by atoms with van der Waals surface area (Å²) >= 11 is 0. The minimum Gasteiger partial charge on any atom is -0.486 e. The zero-order valence-electron chi connectivity index (χ0n) is 16.4. The van der Waals surface area contributed by atoms with Gasteiger partial charge in [0.1, 0.15) is 13.2 Å². The van der Waals surface area contributed by atoms with E-state index in [4.69, 9.17) is 9.47 Å². The SMILES string of the molecule is Cc1cc(C)c(CNC(=O)[C@H]2CC(=O)N(c3ccc4c(c3)OCCO4)C2)c(=O)[nH]1. The van der Waals surface area contributed by atoms with Crippen molar-refractivity contribution in [3.8, 4) is 11.5 Å². The molecular formula is C21H23N3O5. The number of hydrogen-bond donors (Lipinski definition) is 2. The standard InChI is InChI=1S/C21H23N3O5/c1-12-7-13(2)23-21(27)16(12)10-22-20(26)14-8-19(25)24(11-14)15-3-4-17-18(9-15)29-6-5-28-17/h3-4,7,9,14H,5-6,8,10-11H2,1-2H3,(H,22,26)(H,23,27)/t14-/m0/s1. The minimum absolute atomic E-state index is 0.119. The summed E-state index contributed by atoms with van der Waals surface area (Å²) in [6, 6.07) is 7.20. The number of fused-ring (bicyclic) bond motifs is 1. The summed E-state index contributed by atoms with van der Waals surface area (Å²) < 4.78 is 11.1. The number of pyridine rings is 1. The molecule has 2 amide bonds. The maximum Gasteiger partial charge on any atom is 0.253 e. The monoisotopic (exact) mass is 397 g/mol. The number of benzene rings is 1. The molecule has 2 N–H and O–H groups in total. The fourth-order valence-electron chi connectivity index (χ4n) is 3.75. The Labute approximate surface area is 167 Å². The Bertz CT molecular complexity index is 1030. The van der Waals surface area contributed by atoms with E-state index in [0.717, 1.165) is 11.3 Å². The van der Waals surface area contributed by atoms with Gasteiger partial charge >= 0.3 is 0 Å². The Kier molecular flexibility index (Phi) is 5.00. The number of rotatable bonds is 4. The summed E-state index contributed by atoms with van der Waals surface area (Å²) in [4.78, 5) is 41.6. The molecule has 1 aromatic heterocycles. The van der Waals surface area contributed by atoms with Crippen LogP contribution in [0.5, 0.6) is 11.5 Å². The molecule has 8 nitrogen and oxygen atoms in total. The molecule has 2 aliphatic heterocycles. The van der Waals surface area contributed by atoms with Crippen LogP contribution >= 0.6 is 0 Å². The highest BCUT2D eigenvalue weighted by molar-refractivity contribution is 6.00. The van der Waals surface area contributed by atoms with Gasteiger partial charge in [-0.2, -0.15) is 0 Å². The second-order valence-corrected chi connectivity index (χ2v) is 7.39. The van der Waals surface area contributed by atoms with Crippen molar-refractivity contribution in [2.24, 2.45) is 5.92 Å². The molecule has 29 heavy (non-hydrogen) atoms. The van der Waals surface area contributed by atoms with E-state index in [-0.39, 0.29) is 36.9 Å². The number of aryl methyl sites for hydroxylation is 2. The number of carbonyl (C=O) groups is 2. The molecule has 3 heterocycles. The first kappa shape index (κ1) is 19.0. The van der Waals surface area contributed by atoms with E-state index in [0.29, 0.717) is 36.0 Å². The molecule has 1 fully saturated rings. The number of H-pyrrole nitrogens is 1. The van der Waals surface area contributed by atoms with E-state index in [1.54, 1.807) is 23.1 Å². The van der Waals surface area contributed by atoms with E-state index in [2.05, 4.69) is 10.3 Å². The molecule has 2 aromatic rings. The van der Waals surface area contributed by atoms with Gasteiger partial charge in [0.25, 0.3) is 5.56 Å². The van der Waals surface area contributed by atoms with E-state index in [1.165, 1.54) is 0 Å². The number of aromatic nitrogens is 1. The molecule has 0 saturated carbocycles. The Morgan fingerprint density at radius 3 is 2.69 bits per heavy atom. The van der Waals surface area contributed by atoms with Crippen molar-refractivity contribution in [3.63, 3.8) is 0 Å². The van der Waals surface area contributed by atoms with E-state index < -0.39 is 5.92 Å². The fraction of sp³-hybridized carbons (Fsp3) is 0.381. The van der Waals surface area contributed by atoms with Crippen molar-refractivity contribution in [1.29, 1.82) is 0 Å². The predicted molar refractivity (Wildman–Crippen MR) is 106 cm³/mol. The molecular weight excluding hydrogens is 374 g/mol. The Morgan fingerprint density at radius 2 is 1.93 bits per heavy atom. The van der Waals surface area contributed by atoms with Gasteiger partial charge in [0, 0.05) is 42.5 Å². The average Bonchev–Trinajstić information content (AvgIpc) is 3.08. The lowest BCUT2D eigenvalue weighted by atomic mass is 10.1. The molecule has 2 aliphatic rings. The number of ether oxygens (including phenoxy) is 2. The van der Waals surface area contributed by atoms with Crippen LogP contribution in [0.2, 0.25) is 0 Å². The van der Waals surface area contributed by atoms with Gasteiger partial charge in [-0.3, -0.25) is 14.4 Å². The summed E-state index contributed by atoms with van der Waals surface area (Å²) in [6.07, 6.45) is 0.128. The normalized spacial score (nSPS) is 18.1. The van der Waals surface area contributed by atoms with Gasteiger partial charge in [-0.25, -0.2) is 0 Å². The van der Waals surface area contributed by atoms with Crippen LogP contribution in [-0.4, -0.2) is 36.6 Å². The predicted octanol–water partition coefficient (Wildman–Crippen LogP) is 1.43. The molecule has 152 valence electrons. The number of nitrogens with zero attached hydrogens (tertiary/aromatic N) is 1. The van der Waals surface area contributed by atoms with Crippen molar-refractivity contribution in [3.05, 3.63) is 51.4 Å². The summed E-state index contributed by atoms with van der Waals surface area (Å²) in [7, 11) is 0. The second-order valence-electron chi connectivity index (χ2n) is 7.39. The number of amides is 2. The van der Waals surface area contributed by atoms with Crippen molar-refractivity contribution >= 4 is 17.5 Å². The zero-order chi connectivity index (χ0) is 20.5. The number of anilines is 1. The fourth-order valence-corrected chi connectivity index (χ4v) is 3.75. The van der Waals surface area contributed by atoms with Crippen LogP contribution in [0.15, 0.2) is 29.1 Å². The highest BCUT2D eigenvalue weighted by Gasteiger charge is 2.35. The van der Waals surface area contributed by atoms with Gasteiger partial charge in [0.2, 0.25) is 11.8 Å². The summed E-state index contributed by atoms with van der Waals surface area (Å²) in [5, 5.41) is 2.80. The van der Waals surface area contributed by atoms with Gasteiger partial charge in [0.15, 0.2) is 11.5 Å². The van der Waals surface area contributed by atoms with Gasteiger partial charge in [-0.05, 0) is 37.6 Å². The third kappa shape index (κ3) is 3.83. The molecule has 0 spiro atoms. The lowest BCUT2D eigenvalue weighted by molar-refractivity contribution is -0.126. The molecule has 1 atom stereocenters. The minimum atomic E-state index is -0.472. The molecule has 0 radical (unpaired) electrons. The van der Waals surface area contributed by atoms with Crippen LogP contribution in [0.25, 0.3) is 0 Å². The Balaban J connectivity index is 1.43. The first-order valence-electron chi connectivity index (χ1n) is 9.59. The second kappa shape index (κ2) is 7.62. The lowest BCUT2D eigenvalue weighted by Crippen LogP contribution is -2.34. The van der Waals surface area contributed by atoms with Crippen molar-refractivity contribution in [2.75, 3.05) is 24.7 Å². The molecule has 0 aliphatic carbocycles. The maximum absolute atomic E-state index is 12.6. The van der Waals surface area contributed by atoms with Crippen molar-refractivity contribution < 1.29 is 19.1 Å². The first-order chi connectivity index (χ1) is 13.9. The third-order valence-electron chi connectivity index (χ3n) is 5.27. The Morgan fingerprint density at radius 1 is 1.17 bits per heavy atom. The van der Waals surface area contributed by atoms with Gasteiger partial charge in [-0.15, -0.1) is 0 Å². The summed E-state index contributed by atoms with van der Waals surface area (Å²) in [6.45, 7) is 5.04. The van der Waals surface area contributed by atoms with Gasteiger partial charge in [0.05, 0.1) is 5.92 Å². The van der Waals surface area contributed by atoms with Crippen LogP contribution in [0.4, 0.5) is 5.69 Å². The average molecular weight is 397 g/mol.